The van der Waals surface area contributed by atoms with Gasteiger partial charge in [0.05, 0.1) is 18.5 Å². The summed E-state index contributed by atoms with van der Waals surface area (Å²) in [5, 5.41) is 9.45. The van der Waals surface area contributed by atoms with E-state index in [1.807, 2.05) is 0 Å². The Labute approximate surface area is 73.0 Å². The lowest BCUT2D eigenvalue weighted by Crippen LogP contribution is -2.37. The third kappa shape index (κ3) is 2.22. The number of aliphatic hydroxyl groups excluding tert-OH is 1. The van der Waals surface area contributed by atoms with Crippen LogP contribution in [-0.4, -0.2) is 30.5 Å². The van der Waals surface area contributed by atoms with E-state index in [1.165, 1.54) is 6.26 Å². The van der Waals surface area contributed by atoms with Gasteiger partial charge >= 0.3 is 0 Å². The molecule has 1 N–H and O–H groups in total. The first-order valence-electron chi connectivity index (χ1n) is 4.25. The van der Waals surface area contributed by atoms with Crippen molar-refractivity contribution >= 4 is 0 Å². The normalized spacial score (nSPS) is 36.0. The highest BCUT2D eigenvalue weighted by Gasteiger charge is 2.29. The van der Waals surface area contributed by atoms with Crippen LogP contribution in [0.5, 0.6) is 0 Å². The standard InChI is InChI=1S/C9H16O3/c1-3-12-7-4-5-8(10)9(6-7)11-2/h3,7-10H,1,4-6H2,2H3. The van der Waals surface area contributed by atoms with Crippen LogP contribution in [0.15, 0.2) is 12.8 Å². The number of ether oxygens (including phenoxy) is 2. The molecule has 0 aromatic carbocycles. The van der Waals surface area contributed by atoms with Crippen molar-refractivity contribution in [1.29, 1.82) is 0 Å². The maximum atomic E-state index is 9.45. The van der Waals surface area contributed by atoms with Gasteiger partial charge in [0.15, 0.2) is 0 Å². The van der Waals surface area contributed by atoms with Gasteiger partial charge in [-0.3, -0.25) is 0 Å². The van der Waals surface area contributed by atoms with Crippen molar-refractivity contribution in [3.05, 3.63) is 12.8 Å². The van der Waals surface area contributed by atoms with Crippen LogP contribution < -0.4 is 0 Å². The lowest BCUT2D eigenvalue weighted by Gasteiger charge is -2.31. The third-order valence-corrected chi connectivity index (χ3v) is 2.30. The SMILES string of the molecule is C=COC1CCC(O)C(OC)C1. The summed E-state index contributed by atoms with van der Waals surface area (Å²) in [5.41, 5.74) is 0. The molecule has 3 nitrogen and oxygen atoms in total. The van der Waals surface area contributed by atoms with Crippen LogP contribution in [0.25, 0.3) is 0 Å². The summed E-state index contributed by atoms with van der Waals surface area (Å²) in [4.78, 5) is 0. The molecule has 3 heteroatoms. The molecule has 3 atom stereocenters. The molecule has 0 aromatic rings. The molecule has 3 unspecified atom stereocenters. The Morgan fingerprint density at radius 1 is 1.50 bits per heavy atom. The van der Waals surface area contributed by atoms with E-state index >= 15 is 0 Å². The van der Waals surface area contributed by atoms with E-state index in [4.69, 9.17) is 9.47 Å². The van der Waals surface area contributed by atoms with Gasteiger partial charge in [0, 0.05) is 13.5 Å². The molecule has 0 aromatic heterocycles. The second-order valence-corrected chi connectivity index (χ2v) is 3.08. The smallest absolute Gasteiger partial charge is 0.100 e. The van der Waals surface area contributed by atoms with Gasteiger partial charge in [-0.2, -0.15) is 0 Å². The summed E-state index contributed by atoms with van der Waals surface area (Å²) in [5.74, 6) is 0. The molecule has 1 aliphatic rings. The molecule has 70 valence electrons. The number of rotatable bonds is 3. The van der Waals surface area contributed by atoms with E-state index in [-0.39, 0.29) is 18.3 Å². The Morgan fingerprint density at radius 2 is 2.25 bits per heavy atom. The van der Waals surface area contributed by atoms with Crippen molar-refractivity contribution in [2.75, 3.05) is 7.11 Å². The minimum Gasteiger partial charge on any atom is -0.499 e. The fourth-order valence-electron chi connectivity index (χ4n) is 1.59. The fraction of sp³-hybridized carbons (Fsp3) is 0.778. The minimum atomic E-state index is -0.334. The summed E-state index contributed by atoms with van der Waals surface area (Å²) in [6.07, 6.45) is 3.59. The van der Waals surface area contributed by atoms with Crippen molar-refractivity contribution in [2.45, 2.75) is 37.6 Å². The van der Waals surface area contributed by atoms with Gasteiger partial charge in [-0.25, -0.2) is 0 Å². The monoisotopic (exact) mass is 172 g/mol. The molecular weight excluding hydrogens is 156 g/mol. The maximum Gasteiger partial charge on any atom is 0.100 e. The van der Waals surface area contributed by atoms with Crippen molar-refractivity contribution in [2.24, 2.45) is 0 Å². The predicted molar refractivity (Wildman–Crippen MR) is 45.7 cm³/mol. The molecule has 0 radical (unpaired) electrons. The average molecular weight is 172 g/mol. The highest BCUT2D eigenvalue weighted by atomic mass is 16.5. The number of hydrogen-bond donors (Lipinski definition) is 1. The molecule has 12 heavy (non-hydrogen) atoms. The lowest BCUT2D eigenvalue weighted by atomic mass is 9.92. The van der Waals surface area contributed by atoms with E-state index in [0.29, 0.717) is 0 Å². The van der Waals surface area contributed by atoms with E-state index in [9.17, 15) is 5.11 Å². The van der Waals surface area contributed by atoms with Crippen molar-refractivity contribution in [3.8, 4) is 0 Å². The maximum absolute atomic E-state index is 9.45. The highest BCUT2D eigenvalue weighted by Crippen LogP contribution is 2.23. The van der Waals surface area contributed by atoms with Gasteiger partial charge in [0.2, 0.25) is 0 Å². The molecule has 1 aliphatic carbocycles. The summed E-state index contributed by atoms with van der Waals surface area (Å²) in [6, 6.07) is 0. The van der Waals surface area contributed by atoms with Crippen LogP contribution in [-0.2, 0) is 9.47 Å². The molecule has 0 spiro atoms. The number of methoxy groups -OCH3 is 1. The first-order valence-corrected chi connectivity index (χ1v) is 4.25. The van der Waals surface area contributed by atoms with Gasteiger partial charge in [-0.05, 0) is 12.8 Å². The predicted octanol–water partition coefficient (Wildman–Crippen LogP) is 1.07. The summed E-state index contributed by atoms with van der Waals surface area (Å²) >= 11 is 0. The average Bonchev–Trinajstić information content (AvgIpc) is 2.09. The zero-order chi connectivity index (χ0) is 8.97. The molecular formula is C9H16O3. The van der Waals surface area contributed by atoms with Gasteiger partial charge in [-0.1, -0.05) is 6.58 Å². The van der Waals surface area contributed by atoms with Crippen molar-refractivity contribution in [3.63, 3.8) is 0 Å². The Balaban J connectivity index is 2.38. The Kier molecular flexibility index (Phi) is 3.56. The first kappa shape index (κ1) is 9.55. The van der Waals surface area contributed by atoms with Crippen LogP contribution in [0, 0.1) is 0 Å². The quantitative estimate of drug-likeness (QED) is 0.647. The number of aliphatic hydroxyl groups is 1. The van der Waals surface area contributed by atoms with Crippen LogP contribution in [0.1, 0.15) is 19.3 Å². The summed E-state index contributed by atoms with van der Waals surface area (Å²) in [7, 11) is 1.62. The molecule has 1 fully saturated rings. The van der Waals surface area contributed by atoms with Crippen LogP contribution in [0.2, 0.25) is 0 Å². The lowest BCUT2D eigenvalue weighted by molar-refractivity contribution is -0.0724. The molecule has 1 saturated carbocycles. The third-order valence-electron chi connectivity index (χ3n) is 2.30. The number of hydrogen-bond acceptors (Lipinski definition) is 3. The van der Waals surface area contributed by atoms with Gasteiger partial charge in [0.25, 0.3) is 0 Å². The van der Waals surface area contributed by atoms with E-state index in [0.717, 1.165) is 19.3 Å². The molecule has 0 amide bonds. The molecule has 0 bridgehead atoms. The van der Waals surface area contributed by atoms with Crippen LogP contribution in [0.3, 0.4) is 0 Å². The molecule has 0 heterocycles. The second kappa shape index (κ2) is 4.48. The topological polar surface area (TPSA) is 38.7 Å². The summed E-state index contributed by atoms with van der Waals surface area (Å²) in [6.45, 7) is 3.50. The fourth-order valence-corrected chi connectivity index (χ4v) is 1.59. The Hall–Kier alpha value is -0.540. The van der Waals surface area contributed by atoms with Crippen molar-refractivity contribution < 1.29 is 14.6 Å². The zero-order valence-corrected chi connectivity index (χ0v) is 7.40. The second-order valence-electron chi connectivity index (χ2n) is 3.08. The molecule has 1 rings (SSSR count). The Morgan fingerprint density at radius 3 is 2.83 bits per heavy atom. The van der Waals surface area contributed by atoms with Gasteiger partial charge < -0.3 is 14.6 Å². The minimum absolute atomic E-state index is 0.0799. The van der Waals surface area contributed by atoms with Crippen LogP contribution >= 0.6 is 0 Å². The van der Waals surface area contributed by atoms with Gasteiger partial charge in [0.1, 0.15) is 6.10 Å². The highest BCUT2D eigenvalue weighted by molar-refractivity contribution is 4.81. The van der Waals surface area contributed by atoms with E-state index in [1.54, 1.807) is 7.11 Å². The first-order chi connectivity index (χ1) is 5.77. The largest absolute Gasteiger partial charge is 0.499 e. The van der Waals surface area contributed by atoms with Crippen molar-refractivity contribution in [1.82, 2.24) is 0 Å². The zero-order valence-electron chi connectivity index (χ0n) is 7.40. The summed E-state index contributed by atoms with van der Waals surface area (Å²) < 4.78 is 10.4. The van der Waals surface area contributed by atoms with E-state index in [2.05, 4.69) is 6.58 Å². The van der Waals surface area contributed by atoms with Crippen LogP contribution in [0.4, 0.5) is 0 Å². The van der Waals surface area contributed by atoms with E-state index < -0.39 is 0 Å². The van der Waals surface area contributed by atoms with Gasteiger partial charge in [-0.15, -0.1) is 0 Å². The molecule has 0 aliphatic heterocycles. The Bertz CT molecular complexity index is 147. The molecule has 0 saturated heterocycles.